The van der Waals surface area contributed by atoms with Gasteiger partial charge in [-0.2, -0.15) is 0 Å². The Kier molecular flexibility index (Phi) is 6.41. The van der Waals surface area contributed by atoms with E-state index >= 15 is 0 Å². The molecule has 1 atom stereocenters. The summed E-state index contributed by atoms with van der Waals surface area (Å²) < 4.78 is 5.59. The van der Waals surface area contributed by atoms with Gasteiger partial charge >= 0.3 is 0 Å². The average Bonchev–Trinajstić information content (AvgIpc) is 2.32. The third-order valence-electron chi connectivity index (χ3n) is 2.47. The highest BCUT2D eigenvalue weighted by Gasteiger charge is 2.10. The molecule has 2 nitrogen and oxygen atoms in total. The van der Waals surface area contributed by atoms with Crippen LogP contribution in [-0.4, -0.2) is 12.6 Å². The Bertz CT molecular complexity index is 380. The molecule has 0 aromatic heterocycles. The van der Waals surface area contributed by atoms with Crippen LogP contribution in [0.4, 0.5) is 0 Å². The summed E-state index contributed by atoms with van der Waals surface area (Å²) in [6.07, 6.45) is 3.40. The zero-order chi connectivity index (χ0) is 12.7. The summed E-state index contributed by atoms with van der Waals surface area (Å²) in [5.41, 5.74) is 8.41. The van der Waals surface area contributed by atoms with Crippen molar-refractivity contribution in [2.75, 3.05) is 6.61 Å². The number of halogens is 2. The van der Waals surface area contributed by atoms with Gasteiger partial charge in [0.25, 0.3) is 0 Å². The first-order valence-electron chi connectivity index (χ1n) is 5.60. The van der Waals surface area contributed by atoms with Crippen LogP contribution in [-0.2, 0) is 6.42 Å². The van der Waals surface area contributed by atoms with Crippen LogP contribution in [0.15, 0.2) is 29.8 Å². The fourth-order valence-corrected chi connectivity index (χ4v) is 1.79. The molecule has 2 N–H and O–H groups in total. The maximum absolute atomic E-state index is 6.11. The van der Waals surface area contributed by atoms with E-state index in [9.17, 15) is 0 Å². The van der Waals surface area contributed by atoms with Crippen molar-refractivity contribution < 1.29 is 4.74 Å². The fraction of sp³-hybridized carbons (Fsp3) is 0.385. The second-order valence-electron chi connectivity index (χ2n) is 3.77. The molecular formula is C13H17Cl2NO. The van der Waals surface area contributed by atoms with Gasteiger partial charge in [-0.15, -0.1) is 0 Å². The molecule has 0 radical (unpaired) electrons. The molecule has 17 heavy (non-hydrogen) atoms. The highest BCUT2D eigenvalue weighted by atomic mass is 35.5. The molecule has 1 aromatic rings. The predicted molar refractivity (Wildman–Crippen MR) is 73.9 cm³/mol. The van der Waals surface area contributed by atoms with Crippen molar-refractivity contribution in [2.24, 2.45) is 5.73 Å². The minimum atomic E-state index is 0.124. The largest absolute Gasteiger partial charge is 0.488 e. The molecule has 0 spiro atoms. The van der Waals surface area contributed by atoms with Gasteiger partial charge in [0.05, 0.1) is 5.02 Å². The summed E-state index contributed by atoms with van der Waals surface area (Å²) in [7, 11) is 0. The molecule has 1 unspecified atom stereocenters. The smallest absolute Gasteiger partial charge is 0.141 e. The van der Waals surface area contributed by atoms with Gasteiger partial charge in [-0.3, -0.25) is 0 Å². The minimum Gasteiger partial charge on any atom is -0.488 e. The number of hydrogen-bond donors (Lipinski definition) is 1. The number of ether oxygens (including phenoxy) is 1. The van der Waals surface area contributed by atoms with Crippen molar-refractivity contribution in [2.45, 2.75) is 25.8 Å². The molecule has 0 aliphatic heterocycles. The summed E-state index contributed by atoms with van der Waals surface area (Å²) in [5, 5.41) is 0.605. The van der Waals surface area contributed by atoms with Crippen molar-refractivity contribution in [3.8, 4) is 5.75 Å². The van der Waals surface area contributed by atoms with Crippen LogP contribution in [0.25, 0.3) is 0 Å². The van der Waals surface area contributed by atoms with Crippen molar-refractivity contribution in [1.82, 2.24) is 0 Å². The predicted octanol–water partition coefficient (Wildman–Crippen LogP) is 3.75. The van der Waals surface area contributed by atoms with Gasteiger partial charge < -0.3 is 10.5 Å². The Hall–Kier alpha value is -0.700. The molecule has 1 aromatic carbocycles. The molecule has 0 aliphatic rings. The summed E-state index contributed by atoms with van der Waals surface area (Å²) in [5.74, 6) is 0.702. The maximum Gasteiger partial charge on any atom is 0.141 e. The van der Waals surface area contributed by atoms with Gasteiger partial charge in [0, 0.05) is 11.6 Å². The van der Waals surface area contributed by atoms with E-state index in [-0.39, 0.29) is 6.04 Å². The summed E-state index contributed by atoms with van der Waals surface area (Å²) in [6, 6.07) is 5.83. The molecular weight excluding hydrogens is 257 g/mol. The van der Waals surface area contributed by atoms with E-state index in [2.05, 4.69) is 6.92 Å². The monoisotopic (exact) mass is 273 g/mol. The lowest BCUT2D eigenvalue weighted by molar-refractivity contribution is 0.358. The number of benzene rings is 1. The Morgan fingerprint density at radius 1 is 1.47 bits per heavy atom. The van der Waals surface area contributed by atoms with Crippen molar-refractivity contribution in [1.29, 1.82) is 0 Å². The fourth-order valence-electron chi connectivity index (χ4n) is 1.47. The zero-order valence-electron chi connectivity index (χ0n) is 9.83. The van der Waals surface area contributed by atoms with Gasteiger partial charge in [0.1, 0.15) is 12.4 Å². The van der Waals surface area contributed by atoms with Crippen LogP contribution in [0.5, 0.6) is 5.75 Å². The molecule has 4 heteroatoms. The molecule has 0 saturated carbocycles. The number of para-hydroxylation sites is 1. The second kappa shape index (κ2) is 7.59. The van der Waals surface area contributed by atoms with Gasteiger partial charge in [-0.25, -0.2) is 0 Å². The van der Waals surface area contributed by atoms with Crippen LogP contribution >= 0.6 is 23.2 Å². The van der Waals surface area contributed by atoms with Crippen LogP contribution < -0.4 is 10.5 Å². The summed E-state index contributed by atoms with van der Waals surface area (Å²) in [6.45, 7) is 2.47. The molecule has 0 fully saturated rings. The van der Waals surface area contributed by atoms with Gasteiger partial charge in [-0.05, 0) is 30.5 Å². The maximum atomic E-state index is 6.11. The Balaban J connectivity index is 2.83. The molecule has 0 amide bonds. The van der Waals surface area contributed by atoms with Gasteiger partial charge in [0.2, 0.25) is 0 Å². The average molecular weight is 274 g/mol. The van der Waals surface area contributed by atoms with E-state index in [1.165, 1.54) is 5.54 Å². The molecule has 0 bridgehead atoms. The van der Waals surface area contributed by atoms with E-state index in [0.717, 1.165) is 18.4 Å². The van der Waals surface area contributed by atoms with Gasteiger partial charge in [-0.1, -0.05) is 42.3 Å². The third kappa shape index (κ3) is 4.58. The normalized spacial score (nSPS) is 12.9. The number of hydrogen-bond acceptors (Lipinski definition) is 2. The van der Waals surface area contributed by atoms with Crippen molar-refractivity contribution in [3.63, 3.8) is 0 Å². The second-order valence-corrected chi connectivity index (χ2v) is 4.43. The highest BCUT2D eigenvalue weighted by molar-refractivity contribution is 6.32. The lowest BCUT2D eigenvalue weighted by Crippen LogP contribution is -2.21. The molecule has 94 valence electrons. The van der Waals surface area contributed by atoms with E-state index in [1.807, 2.05) is 18.2 Å². The zero-order valence-corrected chi connectivity index (χ0v) is 11.3. The lowest BCUT2D eigenvalue weighted by atomic mass is 10.0. The molecule has 0 aliphatic carbocycles. The van der Waals surface area contributed by atoms with Crippen LogP contribution in [0.1, 0.15) is 18.9 Å². The standard InChI is InChI=1S/C13H17Cl2NO/c1-2-11(16)9-10-5-3-6-12(15)13(10)17-8-4-7-14/h3-7,11H,2,8-9,16H2,1H3/b7-4+. The van der Waals surface area contributed by atoms with E-state index in [4.69, 9.17) is 33.7 Å². The van der Waals surface area contributed by atoms with E-state index in [0.29, 0.717) is 17.4 Å². The number of rotatable bonds is 6. The Morgan fingerprint density at radius 2 is 2.24 bits per heavy atom. The third-order valence-corrected chi connectivity index (χ3v) is 2.94. The van der Waals surface area contributed by atoms with E-state index < -0.39 is 0 Å². The lowest BCUT2D eigenvalue weighted by Gasteiger charge is -2.14. The molecule has 0 saturated heterocycles. The Labute approximate surface area is 112 Å². The quantitative estimate of drug-likeness (QED) is 0.857. The first-order valence-corrected chi connectivity index (χ1v) is 6.41. The molecule has 0 heterocycles. The van der Waals surface area contributed by atoms with Crippen LogP contribution in [0, 0.1) is 0 Å². The topological polar surface area (TPSA) is 35.2 Å². The number of nitrogens with two attached hydrogens (primary N) is 1. The Morgan fingerprint density at radius 3 is 2.88 bits per heavy atom. The SMILES string of the molecule is CCC(N)Cc1cccc(Cl)c1OC/C=C/Cl. The summed E-state index contributed by atoms with van der Waals surface area (Å²) >= 11 is 11.6. The molecule has 1 rings (SSSR count). The van der Waals surface area contributed by atoms with Crippen LogP contribution in [0.2, 0.25) is 5.02 Å². The minimum absolute atomic E-state index is 0.124. The van der Waals surface area contributed by atoms with E-state index in [1.54, 1.807) is 6.08 Å². The van der Waals surface area contributed by atoms with Crippen LogP contribution in [0.3, 0.4) is 0 Å². The van der Waals surface area contributed by atoms with Gasteiger partial charge in [0.15, 0.2) is 0 Å². The summed E-state index contributed by atoms with van der Waals surface area (Å²) in [4.78, 5) is 0. The first kappa shape index (κ1) is 14.4. The van der Waals surface area contributed by atoms with Crippen molar-refractivity contribution in [3.05, 3.63) is 40.4 Å². The first-order chi connectivity index (χ1) is 8.19. The van der Waals surface area contributed by atoms with Crippen molar-refractivity contribution >= 4 is 23.2 Å². The highest BCUT2D eigenvalue weighted by Crippen LogP contribution is 2.29.